The standard InChI is InChI=1S/C25H21N3O5S/c1-34(32,33)26-24(29)15-12-20-17-27(23-14-13-21(28(30)31)16-22(20)23)25(18-8-4-2-5-9-18)19-10-6-3-7-11-19/h2-17,25H,1H3,(H,26,29)/b15-12+. The molecule has 0 radical (unpaired) electrons. The van der Waals surface area contributed by atoms with Crippen molar-refractivity contribution in [3.63, 3.8) is 0 Å². The smallest absolute Gasteiger partial charge is 0.270 e. The van der Waals surface area contributed by atoms with E-state index in [-0.39, 0.29) is 11.7 Å². The molecule has 0 unspecified atom stereocenters. The van der Waals surface area contributed by atoms with Gasteiger partial charge in [0.15, 0.2) is 0 Å². The summed E-state index contributed by atoms with van der Waals surface area (Å²) in [5, 5.41) is 12.0. The van der Waals surface area contributed by atoms with Crippen molar-refractivity contribution in [3.05, 3.63) is 118 Å². The number of nitrogens with zero attached hydrogens (tertiary/aromatic N) is 2. The van der Waals surface area contributed by atoms with E-state index in [4.69, 9.17) is 0 Å². The monoisotopic (exact) mass is 475 g/mol. The fourth-order valence-electron chi connectivity index (χ4n) is 3.90. The van der Waals surface area contributed by atoms with Gasteiger partial charge in [0.1, 0.15) is 0 Å². The Bertz CT molecular complexity index is 1450. The van der Waals surface area contributed by atoms with Gasteiger partial charge in [-0.3, -0.25) is 14.9 Å². The summed E-state index contributed by atoms with van der Waals surface area (Å²) in [6.07, 6.45) is 5.25. The lowest BCUT2D eigenvalue weighted by Gasteiger charge is -2.21. The van der Waals surface area contributed by atoms with Gasteiger partial charge in [0.2, 0.25) is 10.0 Å². The van der Waals surface area contributed by atoms with Crippen LogP contribution in [-0.4, -0.2) is 30.1 Å². The molecule has 0 aliphatic carbocycles. The number of hydrogen-bond acceptors (Lipinski definition) is 5. The van der Waals surface area contributed by atoms with Crippen LogP contribution in [0.3, 0.4) is 0 Å². The molecule has 0 aliphatic heterocycles. The highest BCUT2D eigenvalue weighted by Gasteiger charge is 2.21. The number of aromatic nitrogens is 1. The second-order valence-corrected chi connectivity index (χ2v) is 9.49. The van der Waals surface area contributed by atoms with Gasteiger partial charge in [0, 0.05) is 40.9 Å². The fourth-order valence-corrected chi connectivity index (χ4v) is 4.33. The molecule has 3 aromatic carbocycles. The van der Waals surface area contributed by atoms with E-state index in [9.17, 15) is 23.3 Å². The van der Waals surface area contributed by atoms with E-state index in [2.05, 4.69) is 0 Å². The highest BCUT2D eigenvalue weighted by atomic mass is 32.2. The lowest BCUT2D eigenvalue weighted by molar-refractivity contribution is -0.384. The van der Waals surface area contributed by atoms with E-state index in [1.165, 1.54) is 18.2 Å². The second-order valence-electron chi connectivity index (χ2n) is 7.75. The first-order valence-electron chi connectivity index (χ1n) is 10.3. The minimum atomic E-state index is -3.71. The van der Waals surface area contributed by atoms with Crippen LogP contribution in [0.25, 0.3) is 17.0 Å². The molecular formula is C25H21N3O5S. The molecule has 0 saturated heterocycles. The molecular weight excluding hydrogens is 454 g/mol. The first-order valence-corrected chi connectivity index (χ1v) is 12.2. The Morgan fingerprint density at radius 2 is 1.59 bits per heavy atom. The third kappa shape index (κ3) is 5.05. The summed E-state index contributed by atoms with van der Waals surface area (Å²) < 4.78 is 26.6. The number of nitro groups is 1. The Morgan fingerprint density at radius 3 is 2.12 bits per heavy atom. The maximum Gasteiger partial charge on any atom is 0.270 e. The minimum Gasteiger partial charge on any atom is -0.335 e. The van der Waals surface area contributed by atoms with Crippen molar-refractivity contribution in [2.75, 3.05) is 6.26 Å². The summed E-state index contributed by atoms with van der Waals surface area (Å²) in [4.78, 5) is 23.0. The van der Waals surface area contributed by atoms with E-state index in [1.807, 2.05) is 76.1 Å². The molecule has 9 heteroatoms. The van der Waals surface area contributed by atoms with Crippen molar-refractivity contribution in [2.45, 2.75) is 6.04 Å². The number of amides is 1. The summed E-state index contributed by atoms with van der Waals surface area (Å²) in [5.74, 6) is -0.809. The van der Waals surface area contributed by atoms with Gasteiger partial charge in [-0.1, -0.05) is 60.7 Å². The summed E-state index contributed by atoms with van der Waals surface area (Å²) in [5.41, 5.74) is 3.20. The van der Waals surface area contributed by atoms with Gasteiger partial charge in [0.05, 0.1) is 17.2 Å². The molecule has 0 atom stereocenters. The summed E-state index contributed by atoms with van der Waals surface area (Å²) in [7, 11) is -3.71. The Morgan fingerprint density at radius 1 is 1.00 bits per heavy atom. The molecule has 0 bridgehead atoms. The molecule has 4 aromatic rings. The number of carbonyl (C=O) groups excluding carboxylic acids is 1. The zero-order valence-electron chi connectivity index (χ0n) is 18.2. The van der Waals surface area contributed by atoms with Crippen LogP contribution in [0.2, 0.25) is 0 Å². The third-order valence-electron chi connectivity index (χ3n) is 5.27. The van der Waals surface area contributed by atoms with E-state index >= 15 is 0 Å². The molecule has 172 valence electrons. The number of non-ortho nitro benzene ring substituents is 1. The summed E-state index contributed by atoms with van der Waals surface area (Å²) in [6.45, 7) is 0. The van der Waals surface area contributed by atoms with Gasteiger partial charge in [-0.15, -0.1) is 0 Å². The normalized spacial score (nSPS) is 11.8. The van der Waals surface area contributed by atoms with Crippen LogP contribution in [-0.2, 0) is 14.8 Å². The van der Waals surface area contributed by atoms with Gasteiger partial charge in [-0.05, 0) is 23.3 Å². The Balaban J connectivity index is 1.91. The van der Waals surface area contributed by atoms with E-state index < -0.39 is 20.9 Å². The molecule has 1 aromatic heterocycles. The number of fused-ring (bicyclic) bond motifs is 1. The van der Waals surface area contributed by atoms with Crippen LogP contribution >= 0.6 is 0 Å². The quantitative estimate of drug-likeness (QED) is 0.244. The second kappa shape index (κ2) is 9.32. The van der Waals surface area contributed by atoms with Crippen molar-refractivity contribution in [1.82, 2.24) is 9.29 Å². The average Bonchev–Trinajstić information content (AvgIpc) is 3.16. The Labute approximate surface area is 196 Å². The maximum atomic E-state index is 12.0. The van der Waals surface area contributed by atoms with Crippen molar-refractivity contribution in [3.8, 4) is 0 Å². The topological polar surface area (TPSA) is 111 Å². The van der Waals surface area contributed by atoms with Gasteiger partial charge in [-0.25, -0.2) is 13.1 Å². The predicted octanol–water partition coefficient (Wildman–Crippen LogP) is 4.28. The van der Waals surface area contributed by atoms with Crippen molar-refractivity contribution >= 4 is 38.6 Å². The molecule has 8 nitrogen and oxygen atoms in total. The van der Waals surface area contributed by atoms with Gasteiger partial charge < -0.3 is 4.57 Å². The third-order valence-corrected chi connectivity index (χ3v) is 5.84. The molecule has 1 N–H and O–H groups in total. The number of nitrogens with one attached hydrogen (secondary N) is 1. The van der Waals surface area contributed by atoms with Crippen LogP contribution in [0.4, 0.5) is 5.69 Å². The molecule has 34 heavy (non-hydrogen) atoms. The molecule has 1 amide bonds. The molecule has 0 spiro atoms. The SMILES string of the molecule is CS(=O)(=O)NC(=O)/C=C/c1cn(C(c2ccccc2)c2ccccc2)c2ccc([N+](=O)[O-])cc12. The highest BCUT2D eigenvalue weighted by Crippen LogP contribution is 2.34. The molecule has 0 fully saturated rings. The summed E-state index contributed by atoms with van der Waals surface area (Å²) >= 11 is 0. The number of benzene rings is 3. The minimum absolute atomic E-state index is 0.0866. The van der Waals surface area contributed by atoms with Crippen molar-refractivity contribution in [2.24, 2.45) is 0 Å². The Hall–Kier alpha value is -4.24. The van der Waals surface area contributed by atoms with E-state index in [1.54, 1.807) is 6.07 Å². The van der Waals surface area contributed by atoms with Crippen LogP contribution in [0.15, 0.2) is 91.1 Å². The van der Waals surface area contributed by atoms with Gasteiger partial charge in [-0.2, -0.15) is 0 Å². The van der Waals surface area contributed by atoms with Crippen molar-refractivity contribution in [1.29, 1.82) is 0 Å². The molecule has 1 heterocycles. The first-order chi connectivity index (χ1) is 16.2. The van der Waals surface area contributed by atoms with Crippen LogP contribution in [0, 0.1) is 10.1 Å². The molecule has 0 aliphatic rings. The number of hydrogen-bond donors (Lipinski definition) is 1. The van der Waals surface area contributed by atoms with E-state index in [0.717, 1.165) is 29.0 Å². The average molecular weight is 476 g/mol. The highest BCUT2D eigenvalue weighted by molar-refractivity contribution is 7.89. The van der Waals surface area contributed by atoms with Gasteiger partial charge >= 0.3 is 0 Å². The first kappa shape index (κ1) is 22.9. The number of carbonyl (C=O) groups is 1. The van der Waals surface area contributed by atoms with Crippen LogP contribution < -0.4 is 4.72 Å². The lowest BCUT2D eigenvalue weighted by Crippen LogP contribution is -2.27. The molecule has 4 rings (SSSR count). The zero-order chi connectivity index (χ0) is 24.3. The Kier molecular flexibility index (Phi) is 6.29. The maximum absolute atomic E-state index is 12.0. The number of sulfonamides is 1. The summed E-state index contributed by atoms with van der Waals surface area (Å²) in [6, 6.07) is 24.0. The van der Waals surface area contributed by atoms with Crippen LogP contribution in [0.5, 0.6) is 0 Å². The van der Waals surface area contributed by atoms with Crippen molar-refractivity contribution < 1.29 is 18.1 Å². The number of nitro benzene ring substituents is 1. The lowest BCUT2D eigenvalue weighted by atomic mass is 9.98. The molecule has 0 saturated carbocycles. The number of rotatable bonds is 7. The van der Waals surface area contributed by atoms with Crippen LogP contribution in [0.1, 0.15) is 22.7 Å². The fraction of sp³-hybridized carbons (Fsp3) is 0.0800. The van der Waals surface area contributed by atoms with E-state index in [0.29, 0.717) is 10.9 Å². The zero-order valence-corrected chi connectivity index (χ0v) is 19.0. The van der Waals surface area contributed by atoms with Gasteiger partial charge in [0.25, 0.3) is 11.6 Å². The predicted molar refractivity (Wildman–Crippen MR) is 131 cm³/mol. The largest absolute Gasteiger partial charge is 0.335 e.